The topological polar surface area (TPSA) is 26.3 Å². The predicted molar refractivity (Wildman–Crippen MR) is 124 cm³/mol. The van der Waals surface area contributed by atoms with Crippen LogP contribution in [0.3, 0.4) is 0 Å². The van der Waals surface area contributed by atoms with E-state index in [2.05, 4.69) is 39.8 Å². The van der Waals surface area contributed by atoms with Gasteiger partial charge < -0.3 is 4.74 Å². The molecule has 2 nitrogen and oxygen atoms in total. The maximum absolute atomic E-state index is 13.4. The van der Waals surface area contributed by atoms with E-state index in [0.717, 1.165) is 22.6 Å². The number of thioether (sulfide) groups is 2. The second kappa shape index (κ2) is 11.1. The molecule has 0 aliphatic heterocycles. The average Bonchev–Trinajstić information content (AvgIpc) is 2.74. The van der Waals surface area contributed by atoms with E-state index in [0.29, 0.717) is 0 Å². The molecule has 2 rings (SSSR count). The molecule has 0 spiro atoms. The van der Waals surface area contributed by atoms with Crippen LogP contribution in [-0.4, -0.2) is 28.5 Å². The van der Waals surface area contributed by atoms with Crippen molar-refractivity contribution in [3.63, 3.8) is 0 Å². The van der Waals surface area contributed by atoms with Gasteiger partial charge in [-0.3, -0.25) is 4.79 Å². The van der Waals surface area contributed by atoms with Crippen LogP contribution in [-0.2, 0) is 4.74 Å². The van der Waals surface area contributed by atoms with Gasteiger partial charge in [-0.1, -0.05) is 88.4 Å². The lowest BCUT2D eigenvalue weighted by atomic mass is 9.84. The van der Waals surface area contributed by atoms with Gasteiger partial charge in [0.15, 0.2) is 5.78 Å². The van der Waals surface area contributed by atoms with Gasteiger partial charge in [0.05, 0.1) is 10.2 Å². The van der Waals surface area contributed by atoms with E-state index in [9.17, 15) is 4.79 Å². The third kappa shape index (κ3) is 5.03. The van der Waals surface area contributed by atoms with Gasteiger partial charge in [0.25, 0.3) is 0 Å². The number of benzene rings is 2. The van der Waals surface area contributed by atoms with E-state index in [1.54, 1.807) is 7.11 Å². The third-order valence-corrected chi connectivity index (χ3v) is 8.90. The molecule has 0 amide bonds. The number of methoxy groups -OCH3 is 1. The standard InChI is InChI=1S/C24H32O2S2/c1-6-27-24(28-7-2,18(3)22(25)20-14-10-8-11-15-20)19(4)23(26-5)21-16-12-9-13-17-21/h8-19,23H,6-7H2,1-5H3. The van der Waals surface area contributed by atoms with Crippen LogP contribution in [0.5, 0.6) is 0 Å². The molecule has 0 fully saturated rings. The highest BCUT2D eigenvalue weighted by Gasteiger charge is 2.48. The summed E-state index contributed by atoms with van der Waals surface area (Å²) in [6.07, 6.45) is -0.0645. The molecule has 3 unspecified atom stereocenters. The highest BCUT2D eigenvalue weighted by Crippen LogP contribution is 2.54. The van der Waals surface area contributed by atoms with Crippen molar-refractivity contribution in [3.8, 4) is 0 Å². The summed E-state index contributed by atoms with van der Waals surface area (Å²) in [5, 5.41) is 0. The lowest BCUT2D eigenvalue weighted by Gasteiger charge is -2.45. The lowest BCUT2D eigenvalue weighted by Crippen LogP contribution is -2.44. The molecule has 2 aromatic carbocycles. The van der Waals surface area contributed by atoms with Crippen molar-refractivity contribution < 1.29 is 9.53 Å². The molecule has 0 saturated heterocycles. The number of rotatable bonds is 11. The van der Waals surface area contributed by atoms with Crippen molar-refractivity contribution in [1.82, 2.24) is 0 Å². The monoisotopic (exact) mass is 416 g/mol. The Morgan fingerprint density at radius 3 is 1.89 bits per heavy atom. The Hall–Kier alpha value is -1.23. The summed E-state index contributed by atoms with van der Waals surface area (Å²) in [5.41, 5.74) is 1.95. The fourth-order valence-electron chi connectivity index (χ4n) is 3.92. The van der Waals surface area contributed by atoms with Crippen LogP contribution in [0.4, 0.5) is 0 Å². The van der Waals surface area contributed by atoms with Crippen molar-refractivity contribution >= 4 is 29.3 Å². The van der Waals surface area contributed by atoms with E-state index in [1.807, 2.05) is 72.1 Å². The first-order chi connectivity index (χ1) is 13.5. The minimum Gasteiger partial charge on any atom is -0.376 e. The molecular formula is C24H32O2S2. The molecular weight excluding hydrogens is 384 g/mol. The van der Waals surface area contributed by atoms with Crippen molar-refractivity contribution in [3.05, 3.63) is 71.8 Å². The molecule has 0 aliphatic carbocycles. The van der Waals surface area contributed by atoms with Gasteiger partial charge >= 0.3 is 0 Å². The van der Waals surface area contributed by atoms with Gasteiger partial charge in [0.1, 0.15) is 0 Å². The van der Waals surface area contributed by atoms with Crippen LogP contribution in [0.1, 0.15) is 49.7 Å². The fourth-order valence-corrected chi connectivity index (χ4v) is 7.35. The zero-order valence-corrected chi connectivity index (χ0v) is 19.2. The van der Waals surface area contributed by atoms with Crippen LogP contribution in [0.15, 0.2) is 60.7 Å². The fraction of sp³-hybridized carbons (Fsp3) is 0.458. The maximum Gasteiger partial charge on any atom is 0.167 e. The summed E-state index contributed by atoms with van der Waals surface area (Å²) in [5.74, 6) is 2.13. The van der Waals surface area contributed by atoms with Gasteiger partial charge in [-0.2, -0.15) is 0 Å². The van der Waals surface area contributed by atoms with Gasteiger partial charge in [-0.25, -0.2) is 0 Å². The Morgan fingerprint density at radius 1 is 0.929 bits per heavy atom. The van der Waals surface area contributed by atoms with Crippen molar-refractivity contribution in [2.24, 2.45) is 11.8 Å². The van der Waals surface area contributed by atoms with Crippen LogP contribution in [0.25, 0.3) is 0 Å². The van der Waals surface area contributed by atoms with Crippen LogP contribution in [0.2, 0.25) is 0 Å². The normalized spacial score (nSPS) is 15.0. The Kier molecular flexibility index (Phi) is 9.13. The van der Waals surface area contributed by atoms with Crippen molar-refractivity contribution in [2.75, 3.05) is 18.6 Å². The summed E-state index contributed by atoms with van der Waals surface area (Å²) < 4.78 is 5.72. The molecule has 3 atom stereocenters. The Bertz CT molecular complexity index is 712. The number of ether oxygens (including phenoxy) is 1. The highest BCUT2D eigenvalue weighted by molar-refractivity contribution is 8.18. The highest BCUT2D eigenvalue weighted by atomic mass is 32.2. The number of carbonyl (C=O) groups excluding carboxylic acids is 1. The van der Waals surface area contributed by atoms with Crippen molar-refractivity contribution in [2.45, 2.75) is 37.9 Å². The maximum atomic E-state index is 13.4. The number of hydrogen-bond acceptors (Lipinski definition) is 4. The molecule has 0 aliphatic rings. The number of carbonyl (C=O) groups is 1. The summed E-state index contributed by atoms with van der Waals surface area (Å²) in [7, 11) is 1.77. The minimum atomic E-state index is -0.271. The van der Waals surface area contributed by atoms with Gasteiger partial charge in [-0.15, -0.1) is 23.5 Å². The summed E-state index contributed by atoms with van der Waals surface area (Å²) in [6.45, 7) is 8.68. The quantitative estimate of drug-likeness (QED) is 0.299. The Balaban J connectivity index is 2.47. The second-order valence-electron chi connectivity index (χ2n) is 6.90. The molecule has 2 aromatic rings. The van der Waals surface area contributed by atoms with Crippen LogP contribution in [0, 0.1) is 11.8 Å². The molecule has 0 aromatic heterocycles. The molecule has 0 N–H and O–H groups in total. The van der Waals surface area contributed by atoms with Crippen LogP contribution >= 0.6 is 23.5 Å². The predicted octanol–water partition coefficient (Wildman–Crippen LogP) is 6.73. The Morgan fingerprint density at radius 2 is 1.43 bits per heavy atom. The summed E-state index contributed by atoms with van der Waals surface area (Å²) >= 11 is 3.78. The SMILES string of the molecule is CCSC(SCC)(C(C)C(=O)c1ccccc1)C(C)C(OC)c1ccccc1. The first-order valence-electron chi connectivity index (χ1n) is 9.96. The van der Waals surface area contributed by atoms with Crippen LogP contribution < -0.4 is 0 Å². The molecule has 0 radical (unpaired) electrons. The van der Waals surface area contributed by atoms with E-state index in [4.69, 9.17) is 4.74 Å². The molecule has 28 heavy (non-hydrogen) atoms. The van der Waals surface area contributed by atoms with E-state index in [1.165, 1.54) is 0 Å². The Labute approximate surface area is 178 Å². The van der Waals surface area contributed by atoms with Gasteiger partial charge in [-0.05, 0) is 17.1 Å². The molecule has 4 heteroatoms. The third-order valence-electron chi connectivity index (χ3n) is 5.27. The summed E-state index contributed by atoms with van der Waals surface area (Å²) in [6, 6.07) is 20.0. The number of Topliss-reactive ketones (excluding diaryl/α,β-unsaturated/α-hetero) is 1. The molecule has 0 heterocycles. The minimum absolute atomic E-state index is 0.0645. The van der Waals surface area contributed by atoms with E-state index < -0.39 is 0 Å². The first kappa shape index (κ1) is 23.1. The van der Waals surface area contributed by atoms with Gasteiger partial charge in [0.2, 0.25) is 0 Å². The average molecular weight is 417 g/mol. The van der Waals surface area contributed by atoms with E-state index >= 15 is 0 Å². The first-order valence-corrected chi connectivity index (χ1v) is 11.9. The second-order valence-corrected chi connectivity index (χ2v) is 10.2. The van der Waals surface area contributed by atoms with Crippen molar-refractivity contribution in [1.29, 1.82) is 0 Å². The number of ketones is 1. The largest absolute Gasteiger partial charge is 0.376 e. The number of hydrogen-bond donors (Lipinski definition) is 0. The van der Waals surface area contributed by atoms with Gasteiger partial charge in [0, 0.05) is 24.5 Å². The molecule has 0 saturated carbocycles. The smallest absolute Gasteiger partial charge is 0.167 e. The van der Waals surface area contributed by atoms with E-state index in [-0.39, 0.29) is 27.8 Å². The zero-order chi connectivity index (χ0) is 20.6. The lowest BCUT2D eigenvalue weighted by molar-refractivity contribution is 0.0456. The molecule has 152 valence electrons. The summed E-state index contributed by atoms with van der Waals surface area (Å²) in [4.78, 5) is 13.4. The molecule has 0 bridgehead atoms. The zero-order valence-electron chi connectivity index (χ0n) is 17.6.